The van der Waals surface area contributed by atoms with Gasteiger partial charge in [-0.15, -0.1) is 0 Å². The maximum absolute atomic E-state index is 12.8. The van der Waals surface area contributed by atoms with Crippen molar-refractivity contribution in [3.63, 3.8) is 0 Å². The number of nitrogens with two attached hydrogens (primary N) is 1. The second-order valence-electron chi connectivity index (χ2n) is 4.27. The van der Waals surface area contributed by atoms with Crippen LogP contribution < -0.4 is 10.5 Å². The highest BCUT2D eigenvalue weighted by Crippen LogP contribution is 2.24. The van der Waals surface area contributed by atoms with E-state index in [2.05, 4.69) is 4.90 Å². The predicted octanol–water partition coefficient (Wildman–Crippen LogP) is 1.89. The summed E-state index contributed by atoms with van der Waals surface area (Å²) in [5, 5.41) is 0.308. The number of hydrogen-bond acceptors (Lipinski definition) is 3. The molecule has 17 heavy (non-hydrogen) atoms. The SMILES string of the molecule is NC1CCN(CCOc2ccc(F)cc2Cl)C1. The number of likely N-dealkylation sites (tertiary alicyclic amines) is 1. The predicted molar refractivity (Wildman–Crippen MR) is 65.9 cm³/mol. The molecular weight excluding hydrogens is 243 g/mol. The minimum atomic E-state index is -0.354. The van der Waals surface area contributed by atoms with Crippen molar-refractivity contribution >= 4 is 11.6 Å². The molecule has 2 N–H and O–H groups in total. The van der Waals surface area contributed by atoms with E-state index in [1.54, 1.807) is 6.07 Å². The van der Waals surface area contributed by atoms with Gasteiger partial charge in [-0.3, -0.25) is 4.90 Å². The molecule has 0 radical (unpaired) electrons. The lowest BCUT2D eigenvalue weighted by Crippen LogP contribution is -2.29. The topological polar surface area (TPSA) is 38.5 Å². The number of ether oxygens (including phenoxy) is 1. The third-order valence-electron chi connectivity index (χ3n) is 2.87. The molecule has 0 aromatic heterocycles. The van der Waals surface area contributed by atoms with Crippen LogP contribution in [0.2, 0.25) is 5.02 Å². The molecule has 1 aliphatic heterocycles. The van der Waals surface area contributed by atoms with Crippen molar-refractivity contribution in [2.75, 3.05) is 26.2 Å². The normalized spacial score (nSPS) is 20.8. The quantitative estimate of drug-likeness (QED) is 0.896. The highest BCUT2D eigenvalue weighted by Gasteiger charge is 2.18. The highest BCUT2D eigenvalue weighted by atomic mass is 35.5. The second-order valence-corrected chi connectivity index (χ2v) is 4.68. The van der Waals surface area contributed by atoms with Crippen LogP contribution in [0.15, 0.2) is 18.2 Å². The van der Waals surface area contributed by atoms with Crippen LogP contribution in [0, 0.1) is 5.82 Å². The standard InChI is InChI=1S/C12H16ClFN2O/c13-11-7-9(14)1-2-12(11)17-6-5-16-4-3-10(15)8-16/h1-2,7,10H,3-6,8,15H2. The van der Waals surface area contributed by atoms with E-state index in [0.29, 0.717) is 17.4 Å². The van der Waals surface area contributed by atoms with Gasteiger partial charge in [0, 0.05) is 19.1 Å². The molecule has 0 amide bonds. The van der Waals surface area contributed by atoms with Crippen molar-refractivity contribution in [2.24, 2.45) is 5.73 Å². The van der Waals surface area contributed by atoms with Crippen LogP contribution in [0.25, 0.3) is 0 Å². The van der Waals surface area contributed by atoms with Gasteiger partial charge in [0.25, 0.3) is 0 Å². The number of halogens is 2. The van der Waals surface area contributed by atoms with Gasteiger partial charge in [-0.1, -0.05) is 11.6 Å². The van der Waals surface area contributed by atoms with Crippen molar-refractivity contribution in [1.29, 1.82) is 0 Å². The first-order chi connectivity index (χ1) is 8.15. The molecule has 1 heterocycles. The molecule has 2 rings (SSSR count). The van der Waals surface area contributed by atoms with E-state index in [1.807, 2.05) is 0 Å². The number of rotatable bonds is 4. The molecule has 94 valence electrons. The molecule has 1 aromatic rings. The van der Waals surface area contributed by atoms with Crippen LogP contribution in [0.1, 0.15) is 6.42 Å². The van der Waals surface area contributed by atoms with E-state index in [4.69, 9.17) is 22.1 Å². The Hall–Kier alpha value is -0.840. The molecule has 3 nitrogen and oxygen atoms in total. The van der Waals surface area contributed by atoms with E-state index in [-0.39, 0.29) is 11.9 Å². The Morgan fingerprint density at radius 1 is 1.53 bits per heavy atom. The third kappa shape index (κ3) is 3.56. The minimum absolute atomic E-state index is 0.282. The Morgan fingerprint density at radius 2 is 2.35 bits per heavy atom. The van der Waals surface area contributed by atoms with Gasteiger partial charge in [-0.2, -0.15) is 0 Å². The zero-order chi connectivity index (χ0) is 12.3. The van der Waals surface area contributed by atoms with Crippen LogP contribution in [0.3, 0.4) is 0 Å². The maximum atomic E-state index is 12.8. The Kier molecular flexibility index (Phi) is 4.20. The summed E-state index contributed by atoms with van der Waals surface area (Å²) in [5.74, 6) is 0.171. The van der Waals surface area contributed by atoms with Crippen LogP contribution in [0.4, 0.5) is 4.39 Å². The van der Waals surface area contributed by atoms with Gasteiger partial charge in [0.15, 0.2) is 0 Å². The Balaban J connectivity index is 1.78. The van der Waals surface area contributed by atoms with Crippen LogP contribution in [-0.4, -0.2) is 37.2 Å². The van der Waals surface area contributed by atoms with E-state index in [0.717, 1.165) is 26.1 Å². The summed E-state index contributed by atoms with van der Waals surface area (Å²) in [7, 11) is 0. The molecule has 0 aliphatic carbocycles. The summed E-state index contributed by atoms with van der Waals surface area (Å²) < 4.78 is 18.3. The zero-order valence-electron chi connectivity index (χ0n) is 9.53. The van der Waals surface area contributed by atoms with Gasteiger partial charge < -0.3 is 10.5 Å². The molecule has 1 unspecified atom stereocenters. The average molecular weight is 259 g/mol. The van der Waals surface area contributed by atoms with Crippen LogP contribution in [0.5, 0.6) is 5.75 Å². The van der Waals surface area contributed by atoms with Gasteiger partial charge in [0.05, 0.1) is 5.02 Å². The van der Waals surface area contributed by atoms with Gasteiger partial charge in [0.2, 0.25) is 0 Å². The third-order valence-corrected chi connectivity index (χ3v) is 3.16. The summed E-state index contributed by atoms with van der Waals surface area (Å²) in [6.45, 7) is 3.29. The first-order valence-electron chi connectivity index (χ1n) is 5.71. The van der Waals surface area contributed by atoms with E-state index in [9.17, 15) is 4.39 Å². The van der Waals surface area contributed by atoms with Gasteiger partial charge in [-0.05, 0) is 31.2 Å². The van der Waals surface area contributed by atoms with Crippen molar-refractivity contribution in [3.05, 3.63) is 29.0 Å². The molecule has 1 fully saturated rings. The number of benzene rings is 1. The summed E-state index contributed by atoms with van der Waals surface area (Å²) in [6.07, 6.45) is 1.04. The highest BCUT2D eigenvalue weighted by molar-refractivity contribution is 6.32. The smallest absolute Gasteiger partial charge is 0.138 e. The van der Waals surface area contributed by atoms with Crippen molar-refractivity contribution < 1.29 is 9.13 Å². The van der Waals surface area contributed by atoms with E-state index < -0.39 is 0 Å². The zero-order valence-corrected chi connectivity index (χ0v) is 10.3. The number of hydrogen-bond donors (Lipinski definition) is 1. The van der Waals surface area contributed by atoms with Gasteiger partial charge in [0.1, 0.15) is 18.2 Å². The van der Waals surface area contributed by atoms with Crippen molar-refractivity contribution in [1.82, 2.24) is 4.90 Å². The molecule has 0 saturated carbocycles. The van der Waals surface area contributed by atoms with Crippen LogP contribution >= 0.6 is 11.6 Å². The lowest BCUT2D eigenvalue weighted by molar-refractivity contribution is 0.236. The molecule has 0 bridgehead atoms. The minimum Gasteiger partial charge on any atom is -0.491 e. The first kappa shape index (κ1) is 12.6. The fraction of sp³-hybridized carbons (Fsp3) is 0.500. The largest absolute Gasteiger partial charge is 0.491 e. The fourth-order valence-electron chi connectivity index (χ4n) is 1.94. The van der Waals surface area contributed by atoms with Crippen LogP contribution in [-0.2, 0) is 0 Å². The molecule has 0 spiro atoms. The summed E-state index contributed by atoms with van der Waals surface area (Å²) in [6, 6.07) is 4.42. The summed E-state index contributed by atoms with van der Waals surface area (Å²) >= 11 is 5.85. The van der Waals surface area contributed by atoms with E-state index in [1.165, 1.54) is 12.1 Å². The molecule has 1 aliphatic rings. The lowest BCUT2D eigenvalue weighted by atomic mass is 10.3. The lowest BCUT2D eigenvalue weighted by Gasteiger charge is -2.15. The number of nitrogens with zero attached hydrogens (tertiary/aromatic N) is 1. The average Bonchev–Trinajstić information content (AvgIpc) is 2.68. The molecule has 5 heteroatoms. The first-order valence-corrected chi connectivity index (χ1v) is 6.09. The summed E-state index contributed by atoms with van der Waals surface area (Å²) in [4.78, 5) is 2.25. The van der Waals surface area contributed by atoms with Crippen molar-refractivity contribution in [2.45, 2.75) is 12.5 Å². The summed E-state index contributed by atoms with van der Waals surface area (Å²) in [5.41, 5.74) is 5.80. The molecule has 1 saturated heterocycles. The maximum Gasteiger partial charge on any atom is 0.138 e. The Bertz CT molecular complexity index is 389. The molecular formula is C12H16ClFN2O. The molecule has 1 atom stereocenters. The molecule has 1 aromatic carbocycles. The van der Waals surface area contributed by atoms with Gasteiger partial charge >= 0.3 is 0 Å². The Labute approximate surface area is 105 Å². The Morgan fingerprint density at radius 3 is 3.00 bits per heavy atom. The van der Waals surface area contributed by atoms with Crippen molar-refractivity contribution in [3.8, 4) is 5.75 Å². The van der Waals surface area contributed by atoms with E-state index >= 15 is 0 Å². The van der Waals surface area contributed by atoms with Gasteiger partial charge in [-0.25, -0.2) is 4.39 Å². The monoisotopic (exact) mass is 258 g/mol. The fourth-order valence-corrected chi connectivity index (χ4v) is 2.16. The second kappa shape index (κ2) is 5.67.